The molecule has 4 rings (SSSR count). The number of esters is 1. The Morgan fingerprint density at radius 3 is 2.27 bits per heavy atom. The first-order chi connectivity index (χ1) is 18.9. The lowest BCUT2D eigenvalue weighted by molar-refractivity contribution is -0.259. The van der Waals surface area contributed by atoms with Crippen molar-refractivity contribution in [1.29, 1.82) is 0 Å². The van der Waals surface area contributed by atoms with Gasteiger partial charge in [0.1, 0.15) is 6.10 Å². The predicted molar refractivity (Wildman–Crippen MR) is 161 cm³/mol. The average Bonchev–Trinajstić information content (AvgIpc) is 3.09. The van der Waals surface area contributed by atoms with Gasteiger partial charge in [0.2, 0.25) is 0 Å². The Hall–Kier alpha value is -1.66. The molecule has 0 aromatic carbocycles. The van der Waals surface area contributed by atoms with Crippen LogP contribution in [-0.2, 0) is 19.1 Å². The van der Waals surface area contributed by atoms with Gasteiger partial charge in [0, 0.05) is 12.5 Å². The number of aliphatic carboxylic acids is 1. The minimum Gasteiger partial charge on any atom is -0.478 e. The van der Waals surface area contributed by atoms with Crippen molar-refractivity contribution in [2.45, 2.75) is 145 Å². The number of aliphatic hydroxyl groups excluding tert-OH is 1. The van der Waals surface area contributed by atoms with Crippen LogP contribution in [-0.4, -0.2) is 46.1 Å². The van der Waals surface area contributed by atoms with Crippen LogP contribution in [0.25, 0.3) is 0 Å². The lowest BCUT2D eigenvalue weighted by atomic mass is 9.36. The van der Waals surface area contributed by atoms with E-state index in [1.165, 1.54) is 6.92 Å². The van der Waals surface area contributed by atoms with Gasteiger partial charge in [-0.3, -0.25) is 4.79 Å². The Kier molecular flexibility index (Phi) is 8.75. The highest BCUT2D eigenvalue weighted by molar-refractivity contribution is 5.88. The van der Waals surface area contributed by atoms with E-state index in [0.29, 0.717) is 30.8 Å². The normalized spacial score (nSPS) is 43.3. The predicted octanol–water partition coefficient (Wildman–Crippen LogP) is 7.49. The van der Waals surface area contributed by atoms with Crippen LogP contribution in [0.2, 0.25) is 0 Å². The van der Waals surface area contributed by atoms with Gasteiger partial charge in [-0.15, -0.1) is 0 Å². The van der Waals surface area contributed by atoms with E-state index < -0.39 is 12.1 Å². The maximum atomic E-state index is 12.9. The van der Waals surface area contributed by atoms with Crippen LogP contribution in [0, 0.1) is 39.9 Å². The third kappa shape index (κ3) is 5.57. The molecule has 0 aliphatic heterocycles. The Morgan fingerprint density at radius 1 is 1.05 bits per heavy atom. The van der Waals surface area contributed by atoms with Gasteiger partial charge in [-0.2, -0.15) is 0 Å². The van der Waals surface area contributed by atoms with Crippen LogP contribution < -0.4 is 0 Å². The minimum atomic E-state index is -0.908. The zero-order valence-corrected chi connectivity index (χ0v) is 27.3. The molecule has 232 valence electrons. The summed E-state index contributed by atoms with van der Waals surface area (Å²) in [5.74, 6) is -0.422. The van der Waals surface area contributed by atoms with E-state index in [2.05, 4.69) is 54.5 Å². The fourth-order valence-electron chi connectivity index (χ4n) is 10.3. The lowest BCUT2D eigenvalue weighted by Gasteiger charge is -2.69. The van der Waals surface area contributed by atoms with E-state index >= 15 is 0 Å². The Bertz CT molecular complexity index is 1090. The van der Waals surface area contributed by atoms with E-state index in [9.17, 15) is 19.8 Å². The molecule has 0 radical (unpaired) electrons. The zero-order chi connectivity index (χ0) is 30.7. The fourth-order valence-corrected chi connectivity index (χ4v) is 10.3. The SMILES string of the molecule is CC(=O)OC1CC2(C)C(CC(OC(C)(C)C)C3C4(C)CCC(O)C(C)C4CCC32C)/C1=C(\CCC=C(C)C)C(=O)O. The molecule has 6 nitrogen and oxygen atoms in total. The molecule has 4 saturated carbocycles. The van der Waals surface area contributed by atoms with Gasteiger partial charge in [0.25, 0.3) is 0 Å². The summed E-state index contributed by atoms with van der Waals surface area (Å²) in [5, 5.41) is 21.4. The van der Waals surface area contributed by atoms with Gasteiger partial charge in [0.05, 0.1) is 17.8 Å². The molecular formula is C35H56O6. The van der Waals surface area contributed by atoms with Gasteiger partial charge < -0.3 is 19.7 Å². The average molecular weight is 573 g/mol. The summed E-state index contributed by atoms with van der Waals surface area (Å²) in [5.41, 5.74) is 1.62. The second-order valence-electron chi connectivity index (χ2n) is 15.8. The number of rotatable bonds is 6. The number of carboxylic acid groups (broad SMARTS) is 1. The summed E-state index contributed by atoms with van der Waals surface area (Å²) in [7, 11) is 0. The molecule has 0 aromatic rings. The first-order valence-electron chi connectivity index (χ1n) is 16.0. The third-order valence-corrected chi connectivity index (χ3v) is 12.1. The molecule has 0 aromatic heterocycles. The molecule has 41 heavy (non-hydrogen) atoms. The second-order valence-corrected chi connectivity index (χ2v) is 15.8. The largest absolute Gasteiger partial charge is 0.478 e. The first-order valence-corrected chi connectivity index (χ1v) is 16.0. The van der Waals surface area contributed by atoms with Crippen molar-refractivity contribution in [2.75, 3.05) is 0 Å². The highest BCUT2D eigenvalue weighted by atomic mass is 16.5. The summed E-state index contributed by atoms with van der Waals surface area (Å²) < 4.78 is 13.0. The standard InChI is InChI=1S/C35H56O6/c1-20(2)12-11-13-23(31(38)39)29-25-18-27(41-32(5,6)7)30-33(8)16-15-26(37)21(3)24(33)14-17-34(30,9)35(25,10)19-28(29)40-22(4)36/h12,21,24-28,30,37H,11,13-19H2,1-10H3,(H,38,39)/b29-23-. The van der Waals surface area contributed by atoms with Crippen LogP contribution in [0.15, 0.2) is 22.8 Å². The maximum absolute atomic E-state index is 12.9. The fraction of sp³-hybridized carbons (Fsp3) is 0.829. The number of allylic oxidation sites excluding steroid dienone is 2. The molecule has 6 heteroatoms. The molecule has 4 aliphatic rings. The van der Waals surface area contributed by atoms with Crippen molar-refractivity contribution < 1.29 is 29.3 Å². The Labute approximate surface area is 248 Å². The lowest BCUT2D eigenvalue weighted by Crippen LogP contribution is -2.66. The minimum absolute atomic E-state index is 0.00197. The summed E-state index contributed by atoms with van der Waals surface area (Å²) in [6, 6.07) is 0. The summed E-state index contributed by atoms with van der Waals surface area (Å²) in [6.07, 6.45) is 7.44. The first kappa shape index (κ1) is 32.3. The van der Waals surface area contributed by atoms with E-state index in [-0.39, 0.29) is 57.8 Å². The van der Waals surface area contributed by atoms with Crippen LogP contribution in [0.5, 0.6) is 0 Å². The number of carbonyl (C=O) groups is 2. The van der Waals surface area contributed by atoms with Gasteiger partial charge in [-0.05, 0) is 131 Å². The highest BCUT2D eigenvalue weighted by Crippen LogP contribution is 2.75. The summed E-state index contributed by atoms with van der Waals surface area (Å²) in [6.45, 7) is 21.3. The van der Waals surface area contributed by atoms with Crippen molar-refractivity contribution in [3.8, 4) is 0 Å². The Morgan fingerprint density at radius 2 is 1.71 bits per heavy atom. The number of fused-ring (bicyclic) bond motifs is 5. The van der Waals surface area contributed by atoms with E-state index in [1.807, 2.05) is 13.8 Å². The molecule has 10 atom stereocenters. The third-order valence-electron chi connectivity index (χ3n) is 12.1. The molecule has 0 amide bonds. The van der Waals surface area contributed by atoms with Crippen molar-refractivity contribution in [1.82, 2.24) is 0 Å². The number of carbonyl (C=O) groups excluding carboxylic acids is 1. The van der Waals surface area contributed by atoms with Crippen molar-refractivity contribution in [2.24, 2.45) is 39.9 Å². The van der Waals surface area contributed by atoms with Gasteiger partial charge >= 0.3 is 11.9 Å². The van der Waals surface area contributed by atoms with Crippen molar-refractivity contribution in [3.05, 3.63) is 22.8 Å². The summed E-state index contributed by atoms with van der Waals surface area (Å²) in [4.78, 5) is 25.3. The molecule has 4 aliphatic carbocycles. The van der Waals surface area contributed by atoms with E-state index in [4.69, 9.17) is 9.47 Å². The van der Waals surface area contributed by atoms with Crippen LogP contribution in [0.1, 0.15) is 121 Å². The number of hydrogen-bond donors (Lipinski definition) is 2. The maximum Gasteiger partial charge on any atom is 0.331 e. The number of carboxylic acids is 1. The van der Waals surface area contributed by atoms with Crippen molar-refractivity contribution in [3.63, 3.8) is 0 Å². The topological polar surface area (TPSA) is 93.1 Å². The van der Waals surface area contributed by atoms with Crippen LogP contribution >= 0.6 is 0 Å². The van der Waals surface area contributed by atoms with E-state index in [0.717, 1.165) is 43.3 Å². The number of hydrogen-bond acceptors (Lipinski definition) is 5. The number of aliphatic hydroxyl groups is 1. The molecular weight excluding hydrogens is 516 g/mol. The smallest absolute Gasteiger partial charge is 0.331 e. The van der Waals surface area contributed by atoms with Gasteiger partial charge in [0.15, 0.2) is 0 Å². The van der Waals surface area contributed by atoms with E-state index in [1.54, 1.807) is 0 Å². The second kappa shape index (κ2) is 11.1. The zero-order valence-electron chi connectivity index (χ0n) is 27.3. The molecule has 4 fully saturated rings. The Balaban J connectivity index is 1.90. The van der Waals surface area contributed by atoms with Crippen molar-refractivity contribution >= 4 is 11.9 Å². The van der Waals surface area contributed by atoms with Gasteiger partial charge in [-0.25, -0.2) is 4.79 Å². The molecule has 0 saturated heterocycles. The van der Waals surface area contributed by atoms with Crippen LogP contribution in [0.4, 0.5) is 0 Å². The van der Waals surface area contributed by atoms with Gasteiger partial charge in [-0.1, -0.05) is 39.3 Å². The number of ether oxygens (including phenoxy) is 2. The molecule has 0 heterocycles. The highest BCUT2D eigenvalue weighted by Gasteiger charge is 2.71. The molecule has 10 unspecified atom stereocenters. The quantitative estimate of drug-likeness (QED) is 0.195. The summed E-state index contributed by atoms with van der Waals surface area (Å²) >= 11 is 0. The molecule has 0 bridgehead atoms. The molecule has 2 N–H and O–H groups in total. The monoisotopic (exact) mass is 572 g/mol. The van der Waals surface area contributed by atoms with Crippen LogP contribution in [0.3, 0.4) is 0 Å². The molecule has 0 spiro atoms.